The van der Waals surface area contributed by atoms with E-state index in [1.807, 2.05) is 0 Å². The highest BCUT2D eigenvalue weighted by atomic mass is 16.7. The van der Waals surface area contributed by atoms with Gasteiger partial charge in [0.15, 0.2) is 12.6 Å². The third kappa shape index (κ3) is 14.3. The van der Waals surface area contributed by atoms with Crippen LogP contribution in [0.15, 0.2) is 0 Å². The number of carbonyl (C=O) groups is 1. The maximum Gasteiger partial charge on any atom is 0.305 e. The van der Waals surface area contributed by atoms with E-state index in [2.05, 4.69) is 6.92 Å². The van der Waals surface area contributed by atoms with Gasteiger partial charge in [0.1, 0.15) is 61.5 Å². The number of aliphatic hydroxyl groups is 8. The van der Waals surface area contributed by atoms with Crippen LogP contribution in [0.5, 0.6) is 0 Å². The Bertz CT molecular complexity index is 773. The zero-order valence-electron chi connectivity index (χ0n) is 26.6. The van der Waals surface area contributed by atoms with Crippen molar-refractivity contribution in [2.45, 2.75) is 164 Å². The Morgan fingerprint density at radius 2 is 1.09 bits per heavy atom. The van der Waals surface area contributed by atoms with E-state index >= 15 is 0 Å². The number of carbonyl (C=O) groups excluding carboxylic acids is 1. The summed E-state index contributed by atoms with van der Waals surface area (Å²) >= 11 is 0. The molecular weight excluding hydrogens is 596 g/mol. The maximum atomic E-state index is 12.0. The molecule has 8 N–H and O–H groups in total. The van der Waals surface area contributed by atoms with Crippen LogP contribution < -0.4 is 0 Å². The number of esters is 1. The number of hydrogen-bond donors (Lipinski definition) is 8. The highest BCUT2D eigenvalue weighted by Gasteiger charge is 2.47. The third-order valence-corrected chi connectivity index (χ3v) is 8.32. The lowest BCUT2D eigenvalue weighted by Crippen LogP contribution is -2.61. The van der Waals surface area contributed by atoms with Crippen LogP contribution in [0.3, 0.4) is 0 Å². The summed E-state index contributed by atoms with van der Waals surface area (Å²) in [5, 5.41) is 80.2. The van der Waals surface area contributed by atoms with E-state index in [1.54, 1.807) is 0 Å². The van der Waals surface area contributed by atoms with E-state index in [0.717, 1.165) is 19.3 Å². The number of aliphatic hydroxyl groups excluding tert-OH is 8. The monoisotopic (exact) mass is 654 g/mol. The Morgan fingerprint density at radius 3 is 1.62 bits per heavy atom. The summed E-state index contributed by atoms with van der Waals surface area (Å²) in [7, 11) is 0. The highest BCUT2D eigenvalue weighted by molar-refractivity contribution is 5.69. The lowest BCUT2D eigenvalue weighted by Gasteiger charge is -2.42. The molecule has 14 nitrogen and oxygen atoms in total. The fourth-order valence-corrected chi connectivity index (χ4v) is 5.39. The minimum absolute atomic E-state index is 0.246. The van der Waals surface area contributed by atoms with E-state index in [0.29, 0.717) is 6.42 Å². The minimum Gasteiger partial charge on any atom is -0.463 e. The van der Waals surface area contributed by atoms with Crippen molar-refractivity contribution in [2.75, 3.05) is 26.4 Å². The summed E-state index contributed by atoms with van der Waals surface area (Å²) in [6, 6.07) is 0. The van der Waals surface area contributed by atoms with E-state index in [-0.39, 0.29) is 13.0 Å². The molecule has 2 fully saturated rings. The summed E-state index contributed by atoms with van der Waals surface area (Å²) < 4.78 is 26.6. The van der Waals surface area contributed by atoms with Gasteiger partial charge in [-0.15, -0.1) is 0 Å². The van der Waals surface area contributed by atoms with Gasteiger partial charge in [0.25, 0.3) is 0 Å². The van der Waals surface area contributed by atoms with Crippen molar-refractivity contribution in [1.29, 1.82) is 0 Å². The molecule has 14 heteroatoms. The van der Waals surface area contributed by atoms with E-state index in [1.165, 1.54) is 57.8 Å². The van der Waals surface area contributed by atoms with Gasteiger partial charge in [-0.3, -0.25) is 4.79 Å². The molecule has 2 aliphatic heterocycles. The molecule has 0 unspecified atom stereocenters. The fourth-order valence-electron chi connectivity index (χ4n) is 5.39. The number of ether oxygens (including phenoxy) is 5. The highest BCUT2D eigenvalue weighted by Crippen LogP contribution is 2.26. The van der Waals surface area contributed by atoms with E-state index in [9.17, 15) is 45.6 Å². The zero-order valence-corrected chi connectivity index (χ0v) is 26.6. The normalized spacial score (nSPS) is 32.8. The van der Waals surface area contributed by atoms with Crippen molar-refractivity contribution in [3.63, 3.8) is 0 Å². The molecular formula is C31H58O14. The average molecular weight is 655 g/mol. The van der Waals surface area contributed by atoms with Crippen LogP contribution in [0.4, 0.5) is 0 Å². The number of unbranched alkanes of at least 4 members (excludes halogenated alkanes) is 12. The second kappa shape index (κ2) is 22.5. The van der Waals surface area contributed by atoms with Gasteiger partial charge in [-0.2, -0.15) is 0 Å². The van der Waals surface area contributed by atoms with Gasteiger partial charge in [0.05, 0.1) is 19.8 Å². The van der Waals surface area contributed by atoms with Crippen molar-refractivity contribution in [2.24, 2.45) is 0 Å². The van der Waals surface area contributed by atoms with Crippen LogP contribution >= 0.6 is 0 Å². The molecule has 2 heterocycles. The Balaban J connectivity index is 1.59. The van der Waals surface area contributed by atoms with Crippen molar-refractivity contribution in [1.82, 2.24) is 0 Å². The van der Waals surface area contributed by atoms with Gasteiger partial charge in [0, 0.05) is 6.42 Å². The lowest BCUT2D eigenvalue weighted by molar-refractivity contribution is -0.332. The number of hydrogen-bond acceptors (Lipinski definition) is 14. The van der Waals surface area contributed by atoms with Crippen molar-refractivity contribution >= 4 is 5.97 Å². The molecule has 0 radical (unpaired) electrons. The minimum atomic E-state index is -1.72. The summed E-state index contributed by atoms with van der Waals surface area (Å²) in [6.07, 6.45) is -0.913. The molecule has 0 aliphatic carbocycles. The molecule has 2 aliphatic rings. The second-order valence-electron chi connectivity index (χ2n) is 12.2. The van der Waals surface area contributed by atoms with Gasteiger partial charge in [0.2, 0.25) is 0 Å². The molecule has 0 aromatic heterocycles. The predicted molar refractivity (Wildman–Crippen MR) is 160 cm³/mol. The molecule has 0 amide bonds. The fraction of sp³-hybridized carbons (Fsp3) is 0.968. The first-order valence-corrected chi connectivity index (χ1v) is 16.7. The van der Waals surface area contributed by atoms with Gasteiger partial charge in [-0.1, -0.05) is 84.0 Å². The Kier molecular flexibility index (Phi) is 20.1. The van der Waals surface area contributed by atoms with Crippen LogP contribution in [0, 0.1) is 0 Å². The topological polar surface area (TPSA) is 225 Å². The van der Waals surface area contributed by atoms with Crippen LogP contribution in [0.1, 0.15) is 96.8 Å². The molecule has 0 aromatic rings. The zero-order chi connectivity index (χ0) is 33.2. The Hall–Kier alpha value is -1.01. The molecule has 2 rings (SSSR count). The van der Waals surface area contributed by atoms with Crippen LogP contribution in [-0.4, -0.2) is 141 Å². The summed E-state index contributed by atoms with van der Waals surface area (Å²) in [5.41, 5.74) is 0. The third-order valence-electron chi connectivity index (χ3n) is 8.32. The average Bonchev–Trinajstić information content (AvgIpc) is 3.03. The van der Waals surface area contributed by atoms with E-state index < -0.39 is 93.3 Å². The van der Waals surface area contributed by atoms with Crippen molar-refractivity contribution in [3.05, 3.63) is 0 Å². The van der Waals surface area contributed by atoms with Gasteiger partial charge >= 0.3 is 5.97 Å². The van der Waals surface area contributed by atoms with Gasteiger partial charge in [-0.05, 0) is 6.42 Å². The van der Waals surface area contributed by atoms with Crippen LogP contribution in [0.2, 0.25) is 0 Å². The molecule has 0 saturated carbocycles. The first kappa shape index (κ1) is 40.2. The first-order chi connectivity index (χ1) is 21.6. The first-order valence-electron chi connectivity index (χ1n) is 16.7. The molecule has 266 valence electrons. The van der Waals surface area contributed by atoms with Crippen LogP contribution in [0.25, 0.3) is 0 Å². The van der Waals surface area contributed by atoms with E-state index in [4.69, 9.17) is 23.7 Å². The standard InChI is InChI=1S/C31H58O14/c1-2-3-4-5-6-7-8-9-10-11-12-13-14-15-23(34)41-17-20(33)18-42-30-29(40)27(38)25(36)22(45-30)19-43-31-28(39)26(37)24(35)21(16-32)44-31/h20-22,24-33,35-40H,2-19H2,1H3/t20-,21-,22-,24+,25+,26+,27+,28-,29-,30-,31+/m1/s1. The quantitative estimate of drug-likeness (QED) is 0.0537. The Morgan fingerprint density at radius 1 is 0.622 bits per heavy atom. The molecule has 0 aromatic carbocycles. The molecule has 0 bridgehead atoms. The number of rotatable bonds is 23. The van der Waals surface area contributed by atoms with Crippen molar-refractivity contribution in [3.8, 4) is 0 Å². The maximum absolute atomic E-state index is 12.0. The molecule has 0 spiro atoms. The summed E-state index contributed by atoms with van der Waals surface area (Å²) in [5.74, 6) is -0.435. The van der Waals surface area contributed by atoms with Gasteiger partial charge in [-0.25, -0.2) is 0 Å². The largest absolute Gasteiger partial charge is 0.463 e. The smallest absolute Gasteiger partial charge is 0.305 e. The summed E-state index contributed by atoms with van der Waals surface area (Å²) in [6.45, 7) is 0.301. The second-order valence-corrected chi connectivity index (χ2v) is 12.2. The van der Waals surface area contributed by atoms with Crippen molar-refractivity contribution < 1.29 is 69.3 Å². The molecule has 11 atom stereocenters. The summed E-state index contributed by atoms with van der Waals surface area (Å²) in [4.78, 5) is 12.0. The molecule has 2 saturated heterocycles. The van der Waals surface area contributed by atoms with Crippen LogP contribution in [-0.2, 0) is 28.5 Å². The van der Waals surface area contributed by atoms with Gasteiger partial charge < -0.3 is 64.5 Å². The predicted octanol–water partition coefficient (Wildman–Crippen LogP) is 0.0125. The SMILES string of the molecule is CCCCCCCCCCCCCCCC(=O)OC[C@@H](O)CO[C@@H]1O[C@H](CO[C@H]2O[C@H](CO)[C@H](O)[C@H](O)[C@H]2O)[C@H](O)[C@H](O)[C@H]1O. The molecule has 45 heavy (non-hydrogen) atoms. The Labute approximate surface area is 266 Å². The lowest BCUT2D eigenvalue weighted by atomic mass is 9.98.